The van der Waals surface area contributed by atoms with Crippen molar-refractivity contribution in [3.05, 3.63) is 59.7 Å². The van der Waals surface area contributed by atoms with Gasteiger partial charge in [0.15, 0.2) is 0 Å². The van der Waals surface area contributed by atoms with Gasteiger partial charge in [-0.3, -0.25) is 4.90 Å². The third-order valence-corrected chi connectivity index (χ3v) is 4.69. The summed E-state index contributed by atoms with van der Waals surface area (Å²) in [5.74, 6) is 1.88. The third-order valence-electron chi connectivity index (χ3n) is 4.69. The van der Waals surface area contributed by atoms with E-state index in [1.807, 2.05) is 25.1 Å². The fourth-order valence-corrected chi connectivity index (χ4v) is 3.57. The maximum atomic E-state index is 5.95. The van der Waals surface area contributed by atoms with Crippen LogP contribution in [0.3, 0.4) is 0 Å². The van der Waals surface area contributed by atoms with Crippen molar-refractivity contribution in [1.82, 2.24) is 10.2 Å². The van der Waals surface area contributed by atoms with Gasteiger partial charge in [-0.1, -0.05) is 36.4 Å². The van der Waals surface area contributed by atoms with Crippen molar-refractivity contribution < 1.29 is 9.47 Å². The van der Waals surface area contributed by atoms with Crippen LogP contribution in [0.25, 0.3) is 0 Å². The number of para-hydroxylation sites is 2. The van der Waals surface area contributed by atoms with Crippen LogP contribution in [0.1, 0.15) is 30.5 Å². The Bertz CT molecular complexity index is 666. The second-order valence-corrected chi connectivity index (χ2v) is 6.25. The largest absolute Gasteiger partial charge is 0.496 e. The summed E-state index contributed by atoms with van der Waals surface area (Å²) in [4.78, 5) is 2.54. The highest BCUT2D eigenvalue weighted by atomic mass is 16.5. The Kier molecular flexibility index (Phi) is 6.31. The van der Waals surface area contributed by atoms with Gasteiger partial charge in [0.25, 0.3) is 0 Å². The van der Waals surface area contributed by atoms with E-state index in [1.165, 1.54) is 11.1 Å². The number of hydrogen-bond donors (Lipinski definition) is 1. The van der Waals surface area contributed by atoms with Crippen molar-refractivity contribution in [2.45, 2.75) is 19.4 Å². The molecule has 1 atom stereocenters. The van der Waals surface area contributed by atoms with E-state index in [0.717, 1.165) is 44.1 Å². The summed E-state index contributed by atoms with van der Waals surface area (Å²) in [6.45, 7) is 6.83. The predicted molar refractivity (Wildman–Crippen MR) is 102 cm³/mol. The molecule has 134 valence electrons. The zero-order valence-corrected chi connectivity index (χ0v) is 15.2. The van der Waals surface area contributed by atoms with Crippen LogP contribution in [-0.4, -0.2) is 44.8 Å². The maximum absolute atomic E-state index is 5.95. The van der Waals surface area contributed by atoms with Gasteiger partial charge in [-0.25, -0.2) is 0 Å². The second kappa shape index (κ2) is 8.88. The highest BCUT2D eigenvalue weighted by molar-refractivity contribution is 5.46. The monoisotopic (exact) mass is 340 g/mol. The van der Waals surface area contributed by atoms with Gasteiger partial charge in [0.1, 0.15) is 11.5 Å². The Morgan fingerprint density at radius 2 is 1.64 bits per heavy atom. The Morgan fingerprint density at radius 3 is 2.36 bits per heavy atom. The van der Waals surface area contributed by atoms with Crippen molar-refractivity contribution in [1.29, 1.82) is 0 Å². The topological polar surface area (TPSA) is 33.7 Å². The van der Waals surface area contributed by atoms with Gasteiger partial charge >= 0.3 is 0 Å². The SMILES string of the molecule is CCOc1ccccc1C(c1ccccc1OC)N1CCCNCC1. The van der Waals surface area contributed by atoms with Gasteiger partial charge in [0.05, 0.1) is 19.8 Å². The van der Waals surface area contributed by atoms with Crippen LogP contribution < -0.4 is 14.8 Å². The van der Waals surface area contributed by atoms with E-state index in [-0.39, 0.29) is 6.04 Å². The van der Waals surface area contributed by atoms with Gasteiger partial charge in [-0.15, -0.1) is 0 Å². The number of nitrogens with zero attached hydrogens (tertiary/aromatic N) is 1. The van der Waals surface area contributed by atoms with Gasteiger partial charge in [0, 0.05) is 30.8 Å². The highest BCUT2D eigenvalue weighted by Crippen LogP contribution is 2.39. The molecule has 4 heteroatoms. The Hall–Kier alpha value is -2.04. The molecule has 0 radical (unpaired) electrons. The van der Waals surface area contributed by atoms with E-state index in [1.54, 1.807) is 7.11 Å². The summed E-state index contributed by atoms with van der Waals surface area (Å²) in [7, 11) is 1.74. The molecule has 3 rings (SSSR count). The molecule has 0 amide bonds. The first-order valence-electron chi connectivity index (χ1n) is 9.14. The highest BCUT2D eigenvalue weighted by Gasteiger charge is 2.28. The number of hydrogen-bond acceptors (Lipinski definition) is 4. The van der Waals surface area contributed by atoms with Crippen molar-refractivity contribution in [2.75, 3.05) is 39.9 Å². The molecule has 4 nitrogen and oxygen atoms in total. The fraction of sp³-hybridized carbons (Fsp3) is 0.429. The molecule has 0 saturated carbocycles. The molecule has 1 N–H and O–H groups in total. The fourth-order valence-electron chi connectivity index (χ4n) is 3.57. The summed E-state index contributed by atoms with van der Waals surface area (Å²) in [6, 6.07) is 16.8. The summed E-state index contributed by atoms with van der Waals surface area (Å²) in [5.41, 5.74) is 2.40. The molecule has 1 heterocycles. The number of rotatable bonds is 6. The van der Waals surface area contributed by atoms with Crippen LogP contribution in [0.5, 0.6) is 11.5 Å². The average molecular weight is 340 g/mol. The first-order chi connectivity index (χ1) is 12.3. The van der Waals surface area contributed by atoms with Crippen LogP contribution in [0.15, 0.2) is 48.5 Å². The minimum absolute atomic E-state index is 0.124. The minimum atomic E-state index is 0.124. The molecule has 1 aliphatic rings. The van der Waals surface area contributed by atoms with Gasteiger partial charge in [-0.05, 0) is 32.0 Å². The third kappa shape index (κ3) is 4.14. The molecule has 0 aliphatic carbocycles. The molecule has 2 aromatic rings. The molecule has 1 aliphatic heterocycles. The van der Waals surface area contributed by atoms with Crippen LogP contribution in [0.2, 0.25) is 0 Å². The van der Waals surface area contributed by atoms with Crippen LogP contribution in [0.4, 0.5) is 0 Å². The summed E-state index contributed by atoms with van der Waals surface area (Å²) in [6.07, 6.45) is 1.14. The first-order valence-corrected chi connectivity index (χ1v) is 9.14. The lowest BCUT2D eigenvalue weighted by Crippen LogP contribution is -2.33. The maximum Gasteiger partial charge on any atom is 0.124 e. The van der Waals surface area contributed by atoms with Gasteiger partial charge < -0.3 is 14.8 Å². The smallest absolute Gasteiger partial charge is 0.124 e. The number of nitrogens with one attached hydrogen (secondary N) is 1. The van der Waals surface area contributed by atoms with Crippen molar-refractivity contribution in [2.24, 2.45) is 0 Å². The lowest BCUT2D eigenvalue weighted by Gasteiger charge is -2.33. The molecular formula is C21H28N2O2. The molecule has 25 heavy (non-hydrogen) atoms. The van der Waals surface area contributed by atoms with E-state index in [4.69, 9.17) is 9.47 Å². The van der Waals surface area contributed by atoms with Gasteiger partial charge in [-0.2, -0.15) is 0 Å². The van der Waals surface area contributed by atoms with E-state index in [0.29, 0.717) is 6.61 Å². The average Bonchev–Trinajstić information content (AvgIpc) is 2.93. The summed E-state index contributed by atoms with van der Waals surface area (Å²) < 4.78 is 11.6. The van der Waals surface area contributed by atoms with Crippen molar-refractivity contribution in [3.63, 3.8) is 0 Å². The Morgan fingerprint density at radius 1 is 0.960 bits per heavy atom. The van der Waals surface area contributed by atoms with E-state index in [2.05, 4.69) is 40.5 Å². The lowest BCUT2D eigenvalue weighted by atomic mass is 9.95. The molecule has 2 aromatic carbocycles. The van der Waals surface area contributed by atoms with Crippen LogP contribution in [-0.2, 0) is 0 Å². The zero-order valence-electron chi connectivity index (χ0n) is 15.2. The van der Waals surface area contributed by atoms with Gasteiger partial charge in [0.2, 0.25) is 0 Å². The molecule has 0 bridgehead atoms. The van der Waals surface area contributed by atoms with Crippen LogP contribution in [0, 0.1) is 0 Å². The number of methoxy groups -OCH3 is 1. The molecule has 1 fully saturated rings. The Balaban J connectivity index is 2.08. The first kappa shape index (κ1) is 17.8. The van der Waals surface area contributed by atoms with E-state index >= 15 is 0 Å². The number of ether oxygens (including phenoxy) is 2. The Labute approximate surface area is 150 Å². The van der Waals surface area contributed by atoms with Crippen molar-refractivity contribution >= 4 is 0 Å². The molecule has 0 aromatic heterocycles. The second-order valence-electron chi connectivity index (χ2n) is 6.25. The van der Waals surface area contributed by atoms with Crippen LogP contribution >= 0.6 is 0 Å². The minimum Gasteiger partial charge on any atom is -0.496 e. The molecular weight excluding hydrogens is 312 g/mol. The van der Waals surface area contributed by atoms with E-state index < -0.39 is 0 Å². The molecule has 1 unspecified atom stereocenters. The predicted octanol–water partition coefficient (Wildman–Crippen LogP) is 3.48. The zero-order chi connectivity index (χ0) is 17.5. The van der Waals surface area contributed by atoms with Crippen molar-refractivity contribution in [3.8, 4) is 11.5 Å². The molecule has 0 spiro atoms. The quantitative estimate of drug-likeness (QED) is 0.873. The molecule has 1 saturated heterocycles. The lowest BCUT2D eigenvalue weighted by molar-refractivity contribution is 0.229. The number of benzene rings is 2. The standard InChI is InChI=1S/C21H28N2O2/c1-3-25-20-12-7-5-10-18(20)21(23-15-8-13-22-14-16-23)17-9-4-6-11-19(17)24-2/h4-7,9-12,21-22H,3,8,13-16H2,1-2H3. The van der Waals surface area contributed by atoms with E-state index in [9.17, 15) is 0 Å². The summed E-state index contributed by atoms with van der Waals surface area (Å²) >= 11 is 0. The summed E-state index contributed by atoms with van der Waals surface area (Å²) in [5, 5.41) is 3.50. The normalized spacial score (nSPS) is 16.9.